The number of nitrogens with zero attached hydrogens (tertiary/aromatic N) is 5. The maximum Gasteiger partial charge on any atom is 0.255 e. The smallest absolute Gasteiger partial charge is 0.255 e. The number of carbonyl (C=O) groups excluding carboxylic acids is 5. The van der Waals surface area contributed by atoms with Crippen molar-refractivity contribution in [2.75, 3.05) is 45.0 Å². The van der Waals surface area contributed by atoms with Gasteiger partial charge in [0.05, 0.1) is 32.1 Å². The van der Waals surface area contributed by atoms with Crippen molar-refractivity contribution < 1.29 is 38.2 Å². The Hall–Kier alpha value is -4.84. The van der Waals surface area contributed by atoms with E-state index < -0.39 is 18.0 Å². The molecule has 1 saturated heterocycles. The molecule has 4 amide bonds. The van der Waals surface area contributed by atoms with Crippen molar-refractivity contribution in [3.05, 3.63) is 91.8 Å². The summed E-state index contributed by atoms with van der Waals surface area (Å²) in [5.74, 6) is 0.306. The summed E-state index contributed by atoms with van der Waals surface area (Å²) >= 11 is 7.91. The minimum atomic E-state index is -0.706. The number of rotatable bonds is 22. The molecule has 3 aliphatic heterocycles. The first-order valence-corrected chi connectivity index (χ1v) is 22.9. The van der Waals surface area contributed by atoms with Gasteiger partial charge in [-0.15, -0.1) is 33.9 Å². The van der Waals surface area contributed by atoms with E-state index in [-0.39, 0.29) is 61.7 Å². The topological polar surface area (TPSA) is 183 Å². The van der Waals surface area contributed by atoms with Crippen molar-refractivity contribution in [3.63, 3.8) is 0 Å². The minimum Gasteiger partial charge on any atom is -0.379 e. The van der Waals surface area contributed by atoms with Crippen molar-refractivity contribution in [3.8, 4) is 5.00 Å². The molecular formula is C46H55Cl2N7O8S. The van der Waals surface area contributed by atoms with Crippen LogP contribution in [0.1, 0.15) is 119 Å². The number of imide groups is 1. The standard InChI is InChI=1S/C46H54ClN7O8S.ClH/c1-28-29(2)63-46-41(28)42(31-14-16-32(47)17-15-31)49-37(43-52-51-30(3)54(43)46)26-33(55)10-9-21-61-23-25-62-24-22-60-20-7-5-4-6-13-39(56)48-36-12-8-11-34-35(36)27-53(45(34)59)38-18-19-40(57)50-44(38)58;/h8,11-12,14-17,37-38H,4-7,9-10,13,18-27H2,1-3H3,(H,48,56)(H,50,57,58);1H/t37-,38?;/m0./s1. The van der Waals surface area contributed by atoms with Crippen LogP contribution in [-0.2, 0) is 39.9 Å². The van der Waals surface area contributed by atoms with E-state index in [1.54, 1.807) is 29.5 Å². The van der Waals surface area contributed by atoms with Crippen molar-refractivity contribution in [1.82, 2.24) is 25.0 Å². The number of amides is 4. The first-order valence-electron chi connectivity index (χ1n) is 21.7. The van der Waals surface area contributed by atoms with Crippen molar-refractivity contribution in [1.29, 1.82) is 0 Å². The quantitative estimate of drug-likeness (QED) is 0.0597. The first-order chi connectivity index (χ1) is 30.5. The maximum atomic E-state index is 13.3. The number of ketones is 1. The highest BCUT2D eigenvalue weighted by atomic mass is 35.5. The average Bonchev–Trinajstić information content (AvgIpc) is 3.87. The van der Waals surface area contributed by atoms with Gasteiger partial charge in [-0.25, -0.2) is 0 Å². The predicted octanol–water partition coefficient (Wildman–Crippen LogP) is 7.36. The summed E-state index contributed by atoms with van der Waals surface area (Å²) in [7, 11) is 0. The average molecular weight is 937 g/mol. The predicted molar refractivity (Wildman–Crippen MR) is 246 cm³/mol. The molecule has 0 radical (unpaired) electrons. The van der Waals surface area contributed by atoms with Gasteiger partial charge in [-0.05, 0) is 76.3 Å². The summed E-state index contributed by atoms with van der Waals surface area (Å²) in [4.78, 5) is 70.9. The number of piperidine rings is 1. The first kappa shape index (κ1) is 48.6. The lowest BCUT2D eigenvalue weighted by Gasteiger charge is -2.29. The van der Waals surface area contributed by atoms with E-state index in [9.17, 15) is 24.0 Å². The van der Waals surface area contributed by atoms with E-state index in [2.05, 4.69) is 39.2 Å². The number of aryl methyl sites for hydroxylation is 2. The summed E-state index contributed by atoms with van der Waals surface area (Å²) in [6.07, 6.45) is 5.39. The molecule has 1 fully saturated rings. The van der Waals surface area contributed by atoms with Gasteiger partial charge in [-0.2, -0.15) is 0 Å². The van der Waals surface area contributed by atoms with E-state index in [0.717, 1.165) is 58.9 Å². The van der Waals surface area contributed by atoms with E-state index in [4.69, 9.17) is 30.8 Å². The Labute approximate surface area is 388 Å². The van der Waals surface area contributed by atoms with Gasteiger partial charge in [0.2, 0.25) is 17.7 Å². The molecule has 4 aromatic rings. The van der Waals surface area contributed by atoms with Crippen LogP contribution in [0.25, 0.3) is 5.00 Å². The number of aromatic nitrogens is 3. The lowest BCUT2D eigenvalue weighted by Crippen LogP contribution is -2.52. The fourth-order valence-electron chi connectivity index (χ4n) is 8.12. The summed E-state index contributed by atoms with van der Waals surface area (Å²) in [6, 6.07) is 11.6. The van der Waals surface area contributed by atoms with Gasteiger partial charge in [0.15, 0.2) is 5.82 Å². The Morgan fingerprint density at radius 3 is 2.31 bits per heavy atom. The highest BCUT2D eigenvalue weighted by molar-refractivity contribution is 7.15. The number of unbranched alkanes of at least 4 members (excludes halogenated alkanes) is 3. The van der Waals surface area contributed by atoms with E-state index >= 15 is 0 Å². The number of hydrogen-bond acceptors (Lipinski definition) is 12. The molecule has 15 nitrogen and oxygen atoms in total. The minimum absolute atomic E-state index is 0. The zero-order valence-electron chi connectivity index (χ0n) is 36.4. The van der Waals surface area contributed by atoms with Crippen LogP contribution in [-0.4, -0.2) is 100 Å². The molecule has 2 atom stereocenters. The number of hydrogen-bond donors (Lipinski definition) is 2. The summed E-state index contributed by atoms with van der Waals surface area (Å²) < 4.78 is 19.1. The Morgan fingerprint density at radius 2 is 1.58 bits per heavy atom. The highest BCUT2D eigenvalue weighted by Crippen LogP contribution is 2.40. The number of halogens is 2. The molecule has 0 spiro atoms. The molecule has 64 heavy (non-hydrogen) atoms. The Morgan fingerprint density at radius 1 is 0.875 bits per heavy atom. The molecule has 3 aliphatic rings. The second-order valence-electron chi connectivity index (χ2n) is 16.0. The summed E-state index contributed by atoms with van der Waals surface area (Å²) in [5, 5.41) is 15.8. The number of Topliss-reactive ketones (excluding diaryl/α,β-unsaturated/α-hetero) is 1. The monoisotopic (exact) mass is 935 g/mol. The van der Waals surface area contributed by atoms with Crippen molar-refractivity contribution in [2.45, 2.75) is 104 Å². The molecule has 2 aromatic heterocycles. The highest BCUT2D eigenvalue weighted by Gasteiger charge is 2.40. The maximum absolute atomic E-state index is 13.3. The number of thiophene rings is 1. The van der Waals surface area contributed by atoms with E-state index in [1.807, 2.05) is 31.2 Å². The van der Waals surface area contributed by atoms with Gasteiger partial charge in [-0.1, -0.05) is 42.6 Å². The van der Waals surface area contributed by atoms with Crippen molar-refractivity contribution >= 4 is 76.2 Å². The summed E-state index contributed by atoms with van der Waals surface area (Å²) in [6.45, 7) is 9.18. The Bertz CT molecular complexity index is 2370. The zero-order chi connectivity index (χ0) is 44.5. The molecule has 0 bridgehead atoms. The molecule has 2 N–H and O–H groups in total. The number of aliphatic imine (C=N–C) groups is 1. The molecular weight excluding hydrogens is 882 g/mol. The number of anilines is 1. The lowest BCUT2D eigenvalue weighted by atomic mass is 9.99. The Balaban J connectivity index is 0.00000680. The number of ether oxygens (including phenoxy) is 3. The van der Waals surface area contributed by atoms with Crippen LogP contribution in [0.4, 0.5) is 5.69 Å². The van der Waals surface area contributed by atoms with Gasteiger partial charge in [-0.3, -0.25) is 38.8 Å². The largest absolute Gasteiger partial charge is 0.379 e. The molecule has 2 aromatic carbocycles. The lowest BCUT2D eigenvalue weighted by molar-refractivity contribution is -0.137. The van der Waals surface area contributed by atoms with Crippen LogP contribution in [0.15, 0.2) is 47.5 Å². The normalized spacial score (nSPS) is 16.7. The van der Waals surface area contributed by atoms with Crippen LogP contribution >= 0.6 is 35.3 Å². The van der Waals surface area contributed by atoms with Crippen molar-refractivity contribution in [2.24, 2.45) is 4.99 Å². The van der Waals surface area contributed by atoms with Gasteiger partial charge in [0.1, 0.15) is 28.7 Å². The second kappa shape index (κ2) is 22.9. The molecule has 0 saturated carbocycles. The molecule has 342 valence electrons. The van der Waals surface area contributed by atoms with Crippen LogP contribution in [0, 0.1) is 20.8 Å². The van der Waals surface area contributed by atoms with Crippen LogP contribution in [0.3, 0.4) is 0 Å². The number of nitrogens with one attached hydrogen (secondary N) is 2. The number of carbonyl (C=O) groups is 5. The van der Waals surface area contributed by atoms with Gasteiger partial charge < -0.3 is 24.4 Å². The molecule has 0 aliphatic carbocycles. The van der Waals surface area contributed by atoms with Gasteiger partial charge >= 0.3 is 0 Å². The van der Waals surface area contributed by atoms with Gasteiger partial charge in [0.25, 0.3) is 5.91 Å². The summed E-state index contributed by atoms with van der Waals surface area (Å²) in [5.41, 5.74) is 5.67. The molecule has 7 rings (SSSR count). The third kappa shape index (κ3) is 11.7. The van der Waals surface area contributed by atoms with Crippen LogP contribution in [0.5, 0.6) is 0 Å². The number of benzene rings is 2. The SMILES string of the molecule is Cc1sc2c(c1C)C(c1ccc(Cl)cc1)=N[C@@H](CC(=O)CCCOCCOCCOCCCCCCC(=O)Nc1cccc3c1CN(C1CCC(=O)NC1=O)C3=O)c1nnc(C)n1-2.Cl. The third-order valence-corrected chi connectivity index (χ3v) is 13.0. The van der Waals surface area contributed by atoms with Gasteiger partial charge in [0, 0.05) is 83.3 Å². The third-order valence-electron chi connectivity index (χ3n) is 11.6. The second-order valence-corrected chi connectivity index (χ2v) is 17.7. The molecule has 5 heterocycles. The van der Waals surface area contributed by atoms with Crippen LogP contribution in [0.2, 0.25) is 5.02 Å². The molecule has 1 unspecified atom stereocenters. The fourth-order valence-corrected chi connectivity index (χ4v) is 9.46. The number of fused-ring (bicyclic) bond motifs is 4. The Kier molecular flexibility index (Phi) is 17.4. The molecule has 18 heteroatoms. The van der Waals surface area contributed by atoms with E-state index in [1.165, 1.54) is 9.78 Å². The zero-order valence-corrected chi connectivity index (χ0v) is 38.8. The van der Waals surface area contributed by atoms with E-state index in [0.29, 0.717) is 86.6 Å². The fraction of sp³-hybridized carbons (Fsp3) is 0.478. The van der Waals surface area contributed by atoms with Crippen LogP contribution < -0.4 is 10.6 Å².